The number of carbonyl (C=O) groups is 1. The molecule has 0 spiro atoms. The van der Waals surface area contributed by atoms with Crippen LogP contribution in [0.1, 0.15) is 33.6 Å². The van der Waals surface area contributed by atoms with Crippen molar-refractivity contribution in [3.63, 3.8) is 0 Å². The Balaban J connectivity index is 1.80. The standard InChI is InChI=1S/C18H26FNO2S/c1-18(2,3)17-13(7-6-10-22-17)11-20-16(21)12-23-15-9-5-4-8-14(15)19/h4-5,8-9,13,17H,6-7,10-12H2,1-3H3,(H,20,21). The van der Waals surface area contributed by atoms with Crippen molar-refractivity contribution in [3.05, 3.63) is 30.1 Å². The number of halogens is 1. The van der Waals surface area contributed by atoms with Gasteiger partial charge >= 0.3 is 0 Å². The van der Waals surface area contributed by atoms with Crippen LogP contribution < -0.4 is 5.32 Å². The number of amides is 1. The van der Waals surface area contributed by atoms with Gasteiger partial charge in [0.25, 0.3) is 0 Å². The molecule has 1 aromatic carbocycles. The van der Waals surface area contributed by atoms with Crippen LogP contribution in [-0.4, -0.2) is 30.9 Å². The quantitative estimate of drug-likeness (QED) is 0.828. The zero-order valence-corrected chi connectivity index (χ0v) is 14.9. The van der Waals surface area contributed by atoms with Gasteiger partial charge in [-0.25, -0.2) is 4.39 Å². The first-order valence-electron chi connectivity index (χ1n) is 8.13. The third kappa shape index (κ3) is 5.50. The van der Waals surface area contributed by atoms with Gasteiger partial charge in [-0.05, 0) is 30.4 Å². The molecule has 0 bridgehead atoms. The smallest absolute Gasteiger partial charge is 0.230 e. The average Bonchev–Trinajstić information content (AvgIpc) is 2.51. The van der Waals surface area contributed by atoms with Gasteiger partial charge in [0.15, 0.2) is 0 Å². The fourth-order valence-electron chi connectivity index (χ4n) is 3.01. The van der Waals surface area contributed by atoms with E-state index in [4.69, 9.17) is 4.74 Å². The first kappa shape index (κ1) is 18.3. The Morgan fingerprint density at radius 1 is 1.39 bits per heavy atom. The molecule has 1 heterocycles. The summed E-state index contributed by atoms with van der Waals surface area (Å²) < 4.78 is 19.5. The van der Waals surface area contributed by atoms with Crippen molar-refractivity contribution in [1.29, 1.82) is 0 Å². The molecule has 1 N–H and O–H groups in total. The lowest BCUT2D eigenvalue weighted by Crippen LogP contribution is -2.45. The Morgan fingerprint density at radius 3 is 2.83 bits per heavy atom. The molecule has 2 unspecified atom stereocenters. The van der Waals surface area contributed by atoms with Crippen LogP contribution in [0.5, 0.6) is 0 Å². The Kier molecular flexibility index (Phi) is 6.48. The fourth-order valence-corrected chi connectivity index (χ4v) is 3.78. The average molecular weight is 339 g/mol. The maximum atomic E-state index is 13.5. The van der Waals surface area contributed by atoms with Crippen molar-refractivity contribution in [3.8, 4) is 0 Å². The van der Waals surface area contributed by atoms with Crippen molar-refractivity contribution in [2.75, 3.05) is 18.9 Å². The third-order valence-electron chi connectivity index (χ3n) is 4.06. The fraction of sp³-hybridized carbons (Fsp3) is 0.611. The monoisotopic (exact) mass is 339 g/mol. The molecule has 1 aliphatic heterocycles. The molecule has 0 saturated carbocycles. The van der Waals surface area contributed by atoms with Crippen molar-refractivity contribution in [2.45, 2.75) is 44.6 Å². The van der Waals surface area contributed by atoms with E-state index >= 15 is 0 Å². The zero-order valence-electron chi connectivity index (χ0n) is 14.1. The van der Waals surface area contributed by atoms with Crippen LogP contribution in [0.15, 0.2) is 29.2 Å². The molecule has 2 rings (SSSR count). The van der Waals surface area contributed by atoms with Crippen LogP contribution in [0.4, 0.5) is 4.39 Å². The number of hydrogen-bond acceptors (Lipinski definition) is 3. The number of carbonyl (C=O) groups excluding carboxylic acids is 1. The summed E-state index contributed by atoms with van der Waals surface area (Å²) in [6.45, 7) is 7.94. The van der Waals surface area contributed by atoms with Gasteiger partial charge in [-0.3, -0.25) is 4.79 Å². The van der Waals surface area contributed by atoms with Crippen molar-refractivity contribution in [1.82, 2.24) is 5.32 Å². The van der Waals surface area contributed by atoms with Gasteiger partial charge in [0, 0.05) is 24.0 Å². The molecule has 23 heavy (non-hydrogen) atoms. The largest absolute Gasteiger partial charge is 0.377 e. The second-order valence-corrected chi connectivity index (χ2v) is 8.10. The van der Waals surface area contributed by atoms with Gasteiger partial charge in [0.1, 0.15) is 5.82 Å². The molecule has 0 radical (unpaired) electrons. The van der Waals surface area contributed by atoms with Gasteiger partial charge < -0.3 is 10.1 Å². The van der Waals surface area contributed by atoms with Crippen molar-refractivity contribution >= 4 is 17.7 Å². The number of ether oxygens (including phenoxy) is 1. The summed E-state index contributed by atoms with van der Waals surface area (Å²) in [5.41, 5.74) is 0.0672. The Morgan fingerprint density at radius 2 is 2.13 bits per heavy atom. The van der Waals surface area contributed by atoms with Gasteiger partial charge in [0.05, 0.1) is 11.9 Å². The molecule has 1 amide bonds. The van der Waals surface area contributed by atoms with Gasteiger partial charge in [-0.1, -0.05) is 32.9 Å². The number of rotatable bonds is 5. The minimum atomic E-state index is -0.279. The molecule has 1 fully saturated rings. The van der Waals surface area contributed by atoms with E-state index in [0.717, 1.165) is 19.4 Å². The summed E-state index contributed by atoms with van der Waals surface area (Å²) >= 11 is 1.23. The molecular formula is C18H26FNO2S. The van der Waals surface area contributed by atoms with Gasteiger partial charge in [-0.2, -0.15) is 0 Å². The summed E-state index contributed by atoms with van der Waals surface area (Å²) in [4.78, 5) is 12.5. The molecule has 0 aliphatic carbocycles. The Bertz CT molecular complexity index is 530. The lowest BCUT2D eigenvalue weighted by molar-refractivity contribution is -0.120. The van der Waals surface area contributed by atoms with E-state index < -0.39 is 0 Å². The first-order valence-corrected chi connectivity index (χ1v) is 9.12. The van der Waals surface area contributed by atoms with Crippen LogP contribution >= 0.6 is 11.8 Å². The van der Waals surface area contributed by atoms with E-state index in [1.54, 1.807) is 18.2 Å². The third-order valence-corrected chi connectivity index (χ3v) is 5.10. The lowest BCUT2D eigenvalue weighted by atomic mass is 9.78. The van der Waals surface area contributed by atoms with Crippen LogP contribution in [0.3, 0.4) is 0 Å². The van der Waals surface area contributed by atoms with E-state index in [1.807, 2.05) is 0 Å². The van der Waals surface area contributed by atoms with Crippen molar-refractivity contribution < 1.29 is 13.9 Å². The van der Waals surface area contributed by atoms with Crippen LogP contribution in [0.25, 0.3) is 0 Å². The van der Waals surface area contributed by atoms with Crippen LogP contribution in [-0.2, 0) is 9.53 Å². The van der Waals surface area contributed by atoms with E-state index in [2.05, 4.69) is 26.1 Å². The highest BCUT2D eigenvalue weighted by molar-refractivity contribution is 8.00. The Hall–Kier alpha value is -1.07. The second-order valence-electron chi connectivity index (χ2n) is 7.08. The summed E-state index contributed by atoms with van der Waals surface area (Å²) in [7, 11) is 0. The predicted molar refractivity (Wildman–Crippen MR) is 92.1 cm³/mol. The van der Waals surface area contributed by atoms with Gasteiger partial charge in [0.2, 0.25) is 5.91 Å². The second kappa shape index (κ2) is 8.15. The maximum Gasteiger partial charge on any atom is 0.230 e. The van der Waals surface area contributed by atoms with Crippen molar-refractivity contribution in [2.24, 2.45) is 11.3 Å². The summed E-state index contributed by atoms with van der Waals surface area (Å²) in [6.07, 6.45) is 2.27. The van der Waals surface area contributed by atoms with Crippen LogP contribution in [0.2, 0.25) is 0 Å². The van der Waals surface area contributed by atoms with Gasteiger partial charge in [-0.15, -0.1) is 11.8 Å². The van der Waals surface area contributed by atoms with E-state index in [0.29, 0.717) is 17.4 Å². The number of thioether (sulfide) groups is 1. The molecule has 2 atom stereocenters. The Labute approximate surface area is 142 Å². The molecule has 128 valence electrons. The van der Waals surface area contributed by atoms with E-state index in [-0.39, 0.29) is 29.0 Å². The topological polar surface area (TPSA) is 38.3 Å². The number of benzene rings is 1. The lowest BCUT2D eigenvalue weighted by Gasteiger charge is -2.40. The number of hydrogen-bond donors (Lipinski definition) is 1. The SMILES string of the molecule is CC(C)(C)C1OCCCC1CNC(=O)CSc1ccccc1F. The molecule has 5 heteroatoms. The van der Waals surface area contributed by atoms with E-state index in [1.165, 1.54) is 17.8 Å². The van der Waals surface area contributed by atoms with E-state index in [9.17, 15) is 9.18 Å². The molecule has 1 aliphatic rings. The normalized spacial score (nSPS) is 21.9. The highest BCUT2D eigenvalue weighted by Crippen LogP contribution is 2.33. The number of nitrogens with one attached hydrogen (secondary N) is 1. The molecule has 1 saturated heterocycles. The summed E-state index contributed by atoms with van der Waals surface area (Å²) in [5.74, 6) is 0.232. The molecular weight excluding hydrogens is 313 g/mol. The molecule has 1 aromatic rings. The summed E-state index contributed by atoms with van der Waals surface area (Å²) in [6, 6.07) is 6.53. The highest BCUT2D eigenvalue weighted by atomic mass is 32.2. The molecule has 3 nitrogen and oxygen atoms in total. The first-order chi connectivity index (χ1) is 10.9. The summed E-state index contributed by atoms with van der Waals surface area (Å²) in [5, 5.41) is 2.98. The van der Waals surface area contributed by atoms with Crippen LogP contribution in [0, 0.1) is 17.2 Å². The minimum absolute atomic E-state index is 0.0588. The zero-order chi connectivity index (χ0) is 16.9. The minimum Gasteiger partial charge on any atom is -0.377 e. The molecule has 0 aromatic heterocycles. The highest BCUT2D eigenvalue weighted by Gasteiger charge is 2.35. The predicted octanol–water partition coefficient (Wildman–Crippen LogP) is 3.88. The maximum absolute atomic E-state index is 13.5.